The summed E-state index contributed by atoms with van der Waals surface area (Å²) in [6, 6.07) is -0.668. The maximum absolute atomic E-state index is 12.5. The summed E-state index contributed by atoms with van der Waals surface area (Å²) in [5, 5.41) is 9.32. The Labute approximate surface area is 120 Å². The van der Waals surface area contributed by atoms with Gasteiger partial charge < -0.3 is 15.7 Å². The summed E-state index contributed by atoms with van der Waals surface area (Å²) in [4.78, 5) is 25.4. The summed E-state index contributed by atoms with van der Waals surface area (Å²) in [7, 11) is 0. The normalized spacial score (nSPS) is 30.0. The number of piperidine rings is 1. The van der Waals surface area contributed by atoms with Crippen molar-refractivity contribution < 1.29 is 14.7 Å². The van der Waals surface area contributed by atoms with Crippen LogP contribution in [0.4, 0.5) is 0 Å². The Morgan fingerprint density at radius 2 is 1.95 bits per heavy atom. The van der Waals surface area contributed by atoms with Crippen LogP contribution in [-0.4, -0.2) is 40.0 Å². The van der Waals surface area contributed by atoms with Crippen LogP contribution >= 0.6 is 0 Å². The monoisotopic (exact) mass is 282 g/mol. The Balaban J connectivity index is 2.01. The molecule has 0 radical (unpaired) electrons. The highest BCUT2D eigenvalue weighted by Gasteiger charge is 2.38. The Hall–Kier alpha value is -1.10. The maximum Gasteiger partial charge on any atom is 0.326 e. The Bertz CT molecular complexity index is 377. The molecule has 20 heavy (non-hydrogen) atoms. The first kappa shape index (κ1) is 15.3. The summed E-state index contributed by atoms with van der Waals surface area (Å²) in [6.45, 7) is 2.59. The van der Waals surface area contributed by atoms with E-state index in [1.807, 2.05) is 6.92 Å². The van der Waals surface area contributed by atoms with Gasteiger partial charge in [-0.05, 0) is 31.6 Å². The number of carbonyl (C=O) groups excluding carboxylic acids is 1. The lowest BCUT2D eigenvalue weighted by atomic mass is 9.79. The van der Waals surface area contributed by atoms with E-state index in [-0.39, 0.29) is 5.91 Å². The molecule has 3 N–H and O–H groups in total. The number of carbonyl (C=O) groups is 2. The number of aliphatic carboxylic acids is 1. The number of hydrogen-bond acceptors (Lipinski definition) is 3. The predicted octanol–water partition coefficient (Wildman–Crippen LogP) is 1.75. The van der Waals surface area contributed by atoms with Crippen LogP contribution in [0.2, 0.25) is 0 Å². The summed E-state index contributed by atoms with van der Waals surface area (Å²) in [5.41, 5.74) is 5.91. The van der Waals surface area contributed by atoms with Gasteiger partial charge in [0, 0.05) is 18.5 Å². The Kier molecular flexibility index (Phi) is 4.68. The summed E-state index contributed by atoms with van der Waals surface area (Å²) in [5.74, 6) is -0.602. The van der Waals surface area contributed by atoms with Gasteiger partial charge in [0.25, 0.3) is 0 Å². The van der Waals surface area contributed by atoms with Crippen molar-refractivity contribution in [1.82, 2.24) is 4.90 Å². The van der Waals surface area contributed by atoms with Gasteiger partial charge in [-0.1, -0.05) is 26.2 Å². The van der Waals surface area contributed by atoms with Crippen LogP contribution in [0.5, 0.6) is 0 Å². The van der Waals surface area contributed by atoms with Gasteiger partial charge in [0.15, 0.2) is 0 Å². The standard InChI is InChI=1S/C15H26N2O3/c1-11-5-8-17(12(9-11)14(19)20)13(18)10-15(16)6-3-2-4-7-15/h11-12H,2-10,16H2,1H3,(H,19,20). The second-order valence-corrected chi connectivity index (χ2v) is 6.67. The minimum atomic E-state index is -0.889. The number of carboxylic acid groups (broad SMARTS) is 1. The highest BCUT2D eigenvalue weighted by Crippen LogP contribution is 2.31. The summed E-state index contributed by atoms with van der Waals surface area (Å²) in [6.07, 6.45) is 6.82. The molecule has 114 valence electrons. The van der Waals surface area contributed by atoms with Crippen molar-refractivity contribution in [3.05, 3.63) is 0 Å². The molecule has 0 aromatic rings. The van der Waals surface area contributed by atoms with E-state index in [4.69, 9.17) is 5.73 Å². The smallest absolute Gasteiger partial charge is 0.326 e. The fraction of sp³-hybridized carbons (Fsp3) is 0.867. The van der Waals surface area contributed by atoms with Crippen LogP contribution in [0.1, 0.15) is 58.3 Å². The van der Waals surface area contributed by atoms with Gasteiger partial charge in [-0.25, -0.2) is 4.79 Å². The highest BCUT2D eigenvalue weighted by molar-refractivity contribution is 5.84. The van der Waals surface area contributed by atoms with Gasteiger partial charge in [0.2, 0.25) is 5.91 Å². The molecule has 2 fully saturated rings. The molecule has 0 aromatic heterocycles. The SMILES string of the molecule is CC1CCN(C(=O)CC2(N)CCCCC2)C(C(=O)O)C1. The van der Waals surface area contributed by atoms with E-state index < -0.39 is 17.6 Å². The molecule has 2 rings (SSSR count). The lowest BCUT2D eigenvalue weighted by Gasteiger charge is -2.39. The van der Waals surface area contributed by atoms with E-state index in [1.54, 1.807) is 4.90 Å². The number of hydrogen-bond donors (Lipinski definition) is 2. The van der Waals surface area contributed by atoms with E-state index in [2.05, 4.69) is 0 Å². The van der Waals surface area contributed by atoms with Crippen LogP contribution in [0, 0.1) is 5.92 Å². The van der Waals surface area contributed by atoms with Crippen LogP contribution < -0.4 is 5.73 Å². The summed E-state index contributed by atoms with van der Waals surface area (Å²) >= 11 is 0. The number of carboxylic acids is 1. The third kappa shape index (κ3) is 3.51. The van der Waals surface area contributed by atoms with E-state index in [9.17, 15) is 14.7 Å². The molecule has 1 amide bonds. The second kappa shape index (κ2) is 6.12. The largest absolute Gasteiger partial charge is 0.480 e. The Morgan fingerprint density at radius 1 is 1.30 bits per heavy atom. The predicted molar refractivity (Wildman–Crippen MR) is 76.2 cm³/mol. The third-order valence-corrected chi connectivity index (χ3v) is 4.82. The van der Waals surface area contributed by atoms with Crippen molar-refractivity contribution in [3.8, 4) is 0 Å². The first-order valence-corrected chi connectivity index (χ1v) is 7.72. The molecule has 1 aliphatic heterocycles. The second-order valence-electron chi connectivity index (χ2n) is 6.67. The molecular weight excluding hydrogens is 256 g/mol. The number of rotatable bonds is 3. The van der Waals surface area contributed by atoms with Crippen molar-refractivity contribution in [2.45, 2.75) is 69.9 Å². The van der Waals surface area contributed by atoms with Crippen molar-refractivity contribution in [3.63, 3.8) is 0 Å². The van der Waals surface area contributed by atoms with Gasteiger partial charge in [0.1, 0.15) is 6.04 Å². The van der Waals surface area contributed by atoms with Crippen LogP contribution in [0.15, 0.2) is 0 Å². The average molecular weight is 282 g/mol. The number of likely N-dealkylation sites (tertiary alicyclic amines) is 1. The van der Waals surface area contributed by atoms with Crippen molar-refractivity contribution in [2.24, 2.45) is 11.7 Å². The van der Waals surface area contributed by atoms with Crippen molar-refractivity contribution in [1.29, 1.82) is 0 Å². The highest BCUT2D eigenvalue weighted by atomic mass is 16.4. The van der Waals surface area contributed by atoms with Gasteiger partial charge in [0.05, 0.1) is 0 Å². The van der Waals surface area contributed by atoms with Crippen LogP contribution in [0.3, 0.4) is 0 Å². The number of nitrogens with two attached hydrogens (primary N) is 1. The quantitative estimate of drug-likeness (QED) is 0.826. The van der Waals surface area contributed by atoms with Gasteiger partial charge in [-0.3, -0.25) is 4.79 Å². The lowest BCUT2D eigenvalue weighted by Crippen LogP contribution is -2.53. The van der Waals surface area contributed by atoms with E-state index in [0.29, 0.717) is 25.3 Å². The molecule has 2 aliphatic rings. The topological polar surface area (TPSA) is 83.6 Å². The van der Waals surface area contributed by atoms with Crippen molar-refractivity contribution >= 4 is 11.9 Å². The Morgan fingerprint density at radius 3 is 2.55 bits per heavy atom. The molecule has 5 nitrogen and oxygen atoms in total. The van der Waals surface area contributed by atoms with E-state index in [0.717, 1.165) is 32.1 Å². The van der Waals surface area contributed by atoms with Crippen molar-refractivity contribution in [2.75, 3.05) is 6.54 Å². The van der Waals surface area contributed by atoms with Gasteiger partial charge in [-0.15, -0.1) is 0 Å². The molecule has 0 bridgehead atoms. The number of amides is 1. The third-order valence-electron chi connectivity index (χ3n) is 4.82. The lowest BCUT2D eigenvalue weighted by molar-refractivity contribution is -0.153. The van der Waals surface area contributed by atoms with Crippen LogP contribution in [0.25, 0.3) is 0 Å². The zero-order valence-corrected chi connectivity index (χ0v) is 12.3. The molecule has 5 heteroatoms. The molecule has 0 aromatic carbocycles. The fourth-order valence-electron chi connectivity index (χ4n) is 3.51. The molecule has 2 atom stereocenters. The first-order valence-electron chi connectivity index (χ1n) is 7.72. The minimum absolute atomic E-state index is 0.0753. The maximum atomic E-state index is 12.5. The molecule has 1 heterocycles. The number of nitrogens with zero attached hydrogens (tertiary/aromatic N) is 1. The fourth-order valence-corrected chi connectivity index (χ4v) is 3.51. The first-order chi connectivity index (χ1) is 9.41. The average Bonchev–Trinajstić information content (AvgIpc) is 2.38. The van der Waals surface area contributed by atoms with Gasteiger partial charge >= 0.3 is 5.97 Å². The molecular formula is C15H26N2O3. The van der Waals surface area contributed by atoms with Crippen LogP contribution in [-0.2, 0) is 9.59 Å². The van der Waals surface area contributed by atoms with E-state index in [1.165, 1.54) is 6.42 Å². The molecule has 1 saturated heterocycles. The zero-order chi connectivity index (χ0) is 14.8. The minimum Gasteiger partial charge on any atom is -0.480 e. The molecule has 1 aliphatic carbocycles. The molecule has 0 spiro atoms. The zero-order valence-electron chi connectivity index (χ0n) is 12.3. The van der Waals surface area contributed by atoms with E-state index >= 15 is 0 Å². The van der Waals surface area contributed by atoms with Gasteiger partial charge in [-0.2, -0.15) is 0 Å². The molecule has 2 unspecified atom stereocenters. The molecule has 1 saturated carbocycles. The summed E-state index contributed by atoms with van der Waals surface area (Å²) < 4.78 is 0.